The monoisotopic (exact) mass is 439 g/mol. The predicted octanol–water partition coefficient (Wildman–Crippen LogP) is 3.95. The molecule has 2 heterocycles. The molecule has 1 aliphatic heterocycles. The van der Waals surface area contributed by atoms with Crippen LogP contribution < -0.4 is 15.1 Å². The first-order valence-electron chi connectivity index (χ1n) is 10.9. The topological polar surface area (TPSA) is 96.8 Å². The van der Waals surface area contributed by atoms with Crippen LogP contribution in [0.1, 0.15) is 53.5 Å². The largest absolute Gasteiger partial charge is 0.446 e. The molecule has 1 N–H and O–H groups in total. The van der Waals surface area contributed by atoms with Gasteiger partial charge in [0, 0.05) is 37.7 Å². The van der Waals surface area contributed by atoms with E-state index >= 15 is 0 Å². The fourth-order valence-corrected chi connectivity index (χ4v) is 4.13. The van der Waals surface area contributed by atoms with Crippen LogP contribution in [0.25, 0.3) is 11.1 Å². The Labute approximate surface area is 187 Å². The summed E-state index contributed by atoms with van der Waals surface area (Å²) < 4.78 is 7.40. The maximum absolute atomic E-state index is 12.9. The lowest BCUT2D eigenvalue weighted by molar-refractivity contribution is -0.117. The zero-order valence-electron chi connectivity index (χ0n) is 19.1. The van der Waals surface area contributed by atoms with Crippen molar-refractivity contribution in [2.24, 2.45) is 0 Å². The molecular formula is C23H29N5O4. The summed E-state index contributed by atoms with van der Waals surface area (Å²) in [5.41, 5.74) is 3.23. The van der Waals surface area contributed by atoms with Crippen molar-refractivity contribution in [1.82, 2.24) is 9.78 Å². The van der Waals surface area contributed by atoms with Crippen molar-refractivity contribution < 1.29 is 19.1 Å². The van der Waals surface area contributed by atoms with E-state index in [1.54, 1.807) is 35.9 Å². The number of nitrogens with one attached hydrogen (secondary N) is 1. The molecule has 0 spiro atoms. The number of carbonyl (C=O) groups is 3. The third-order valence-corrected chi connectivity index (χ3v) is 5.59. The van der Waals surface area contributed by atoms with Gasteiger partial charge in [0.25, 0.3) is 0 Å². The Morgan fingerprint density at radius 3 is 2.47 bits per heavy atom. The fraction of sp³-hybridized carbons (Fsp3) is 0.478. The minimum Gasteiger partial charge on any atom is -0.446 e. The van der Waals surface area contributed by atoms with Gasteiger partial charge in [-0.05, 0) is 45.7 Å². The van der Waals surface area contributed by atoms with E-state index in [9.17, 15) is 14.4 Å². The van der Waals surface area contributed by atoms with Crippen LogP contribution in [-0.2, 0) is 14.3 Å². The third-order valence-electron chi connectivity index (χ3n) is 5.59. The van der Waals surface area contributed by atoms with Gasteiger partial charge in [0.05, 0.1) is 41.4 Å². The summed E-state index contributed by atoms with van der Waals surface area (Å²) in [7, 11) is 0. The minimum atomic E-state index is -0.469. The number of hydrogen-bond acceptors (Lipinski definition) is 5. The Hall–Kier alpha value is -3.36. The Bertz CT molecular complexity index is 1070. The van der Waals surface area contributed by atoms with Crippen LogP contribution in [0.15, 0.2) is 24.5 Å². The Balaban J connectivity index is 1.88. The standard InChI is InChI=1S/C23H29N5O4/c1-13(2)32-23(31)26-11-14(3)28(16(5)30)22-9-20(25-15(4)29)19(8-21(22)26)17-10-24-27(12-17)18-6-7-18/h8-10,12-14,18H,6-7,11H2,1-5H3,(H,25,29)/t14-/m0/s1. The number of fused-ring (bicyclic) bond motifs is 1. The molecule has 170 valence electrons. The summed E-state index contributed by atoms with van der Waals surface area (Å²) in [6, 6.07) is 3.75. The van der Waals surface area contributed by atoms with Gasteiger partial charge < -0.3 is 15.0 Å². The van der Waals surface area contributed by atoms with Gasteiger partial charge in [-0.15, -0.1) is 0 Å². The first-order chi connectivity index (χ1) is 15.2. The summed E-state index contributed by atoms with van der Waals surface area (Å²) >= 11 is 0. The molecule has 1 fully saturated rings. The average molecular weight is 440 g/mol. The normalized spacial score (nSPS) is 17.9. The van der Waals surface area contributed by atoms with Crippen molar-refractivity contribution in [3.63, 3.8) is 0 Å². The summed E-state index contributed by atoms with van der Waals surface area (Å²) in [4.78, 5) is 40.6. The van der Waals surface area contributed by atoms with Crippen LogP contribution in [0.4, 0.5) is 21.9 Å². The predicted molar refractivity (Wildman–Crippen MR) is 122 cm³/mol. The number of aromatic nitrogens is 2. The van der Waals surface area contributed by atoms with Gasteiger partial charge in [-0.1, -0.05) is 0 Å². The Kier molecular flexibility index (Phi) is 5.66. The molecule has 2 aromatic rings. The van der Waals surface area contributed by atoms with Gasteiger partial charge >= 0.3 is 6.09 Å². The SMILES string of the molecule is CC(=O)Nc1cc2c(cc1-c1cnn(C3CC3)c1)N(C(=O)OC(C)C)C[C@H](C)N2C(C)=O. The fourth-order valence-electron chi connectivity index (χ4n) is 4.13. The van der Waals surface area contributed by atoms with E-state index in [1.807, 2.05) is 23.9 Å². The number of hydrogen-bond donors (Lipinski definition) is 1. The summed E-state index contributed by atoms with van der Waals surface area (Å²) in [6.45, 7) is 8.71. The number of carbonyl (C=O) groups excluding carboxylic acids is 3. The smallest absolute Gasteiger partial charge is 0.414 e. The van der Waals surface area contributed by atoms with Gasteiger partial charge in [-0.2, -0.15) is 5.10 Å². The minimum absolute atomic E-state index is 0.140. The summed E-state index contributed by atoms with van der Waals surface area (Å²) in [5, 5.41) is 7.35. The van der Waals surface area contributed by atoms with Crippen molar-refractivity contribution in [3.05, 3.63) is 24.5 Å². The highest BCUT2D eigenvalue weighted by molar-refractivity contribution is 6.06. The van der Waals surface area contributed by atoms with E-state index in [0.29, 0.717) is 29.6 Å². The molecule has 1 aromatic heterocycles. The molecular weight excluding hydrogens is 410 g/mol. The van der Waals surface area contributed by atoms with Crippen LogP contribution in [0.2, 0.25) is 0 Å². The molecule has 0 unspecified atom stereocenters. The molecule has 32 heavy (non-hydrogen) atoms. The first kappa shape index (κ1) is 21.9. The quantitative estimate of drug-likeness (QED) is 0.778. The van der Waals surface area contributed by atoms with E-state index < -0.39 is 6.09 Å². The molecule has 1 aliphatic carbocycles. The van der Waals surface area contributed by atoms with Gasteiger partial charge in [0.1, 0.15) is 0 Å². The van der Waals surface area contributed by atoms with Crippen molar-refractivity contribution in [3.8, 4) is 11.1 Å². The number of amides is 3. The summed E-state index contributed by atoms with van der Waals surface area (Å²) in [6.07, 6.45) is 5.17. The number of nitrogens with zero attached hydrogens (tertiary/aromatic N) is 4. The van der Waals surface area contributed by atoms with Crippen LogP contribution in [0, 0.1) is 0 Å². The van der Waals surface area contributed by atoms with E-state index in [2.05, 4.69) is 10.4 Å². The summed E-state index contributed by atoms with van der Waals surface area (Å²) in [5.74, 6) is -0.367. The molecule has 0 saturated heterocycles. The Morgan fingerprint density at radius 1 is 1.16 bits per heavy atom. The highest BCUT2D eigenvalue weighted by atomic mass is 16.6. The maximum Gasteiger partial charge on any atom is 0.414 e. The van der Waals surface area contributed by atoms with Gasteiger partial charge in [-0.25, -0.2) is 4.79 Å². The first-order valence-corrected chi connectivity index (χ1v) is 10.9. The molecule has 3 amide bonds. The molecule has 4 rings (SSSR count). The second-order valence-corrected chi connectivity index (χ2v) is 8.79. The van der Waals surface area contributed by atoms with Crippen LogP contribution >= 0.6 is 0 Å². The molecule has 1 atom stereocenters. The highest BCUT2D eigenvalue weighted by Crippen LogP contribution is 2.44. The average Bonchev–Trinajstić information content (AvgIpc) is 3.42. The number of benzene rings is 1. The second kappa shape index (κ2) is 8.29. The van der Waals surface area contributed by atoms with Crippen molar-refractivity contribution in [1.29, 1.82) is 0 Å². The van der Waals surface area contributed by atoms with Crippen molar-refractivity contribution in [2.75, 3.05) is 21.7 Å². The van der Waals surface area contributed by atoms with E-state index in [1.165, 1.54) is 13.8 Å². The van der Waals surface area contributed by atoms with E-state index in [-0.39, 0.29) is 24.0 Å². The Morgan fingerprint density at radius 2 is 1.88 bits per heavy atom. The molecule has 0 radical (unpaired) electrons. The molecule has 9 heteroatoms. The number of rotatable bonds is 4. The number of anilines is 3. The second-order valence-electron chi connectivity index (χ2n) is 8.79. The van der Waals surface area contributed by atoms with E-state index in [0.717, 1.165) is 24.0 Å². The molecule has 9 nitrogen and oxygen atoms in total. The van der Waals surface area contributed by atoms with Gasteiger partial charge in [0.2, 0.25) is 11.8 Å². The van der Waals surface area contributed by atoms with Crippen LogP contribution in [0.3, 0.4) is 0 Å². The van der Waals surface area contributed by atoms with Crippen molar-refractivity contribution in [2.45, 2.75) is 65.6 Å². The lowest BCUT2D eigenvalue weighted by atomic mass is 10.0. The van der Waals surface area contributed by atoms with Crippen LogP contribution in [0.5, 0.6) is 0 Å². The zero-order valence-corrected chi connectivity index (χ0v) is 19.1. The lowest BCUT2D eigenvalue weighted by Crippen LogP contribution is -2.51. The zero-order chi connectivity index (χ0) is 23.2. The molecule has 1 aromatic carbocycles. The molecule has 1 saturated carbocycles. The van der Waals surface area contributed by atoms with Crippen molar-refractivity contribution >= 4 is 35.0 Å². The van der Waals surface area contributed by atoms with Gasteiger partial charge in [0.15, 0.2) is 0 Å². The molecule has 0 bridgehead atoms. The van der Waals surface area contributed by atoms with E-state index in [4.69, 9.17) is 4.74 Å². The third kappa shape index (κ3) is 4.19. The highest BCUT2D eigenvalue weighted by Gasteiger charge is 2.36. The maximum atomic E-state index is 12.9. The van der Waals surface area contributed by atoms with Gasteiger partial charge in [-0.3, -0.25) is 19.2 Å². The lowest BCUT2D eigenvalue weighted by Gasteiger charge is -2.41. The van der Waals surface area contributed by atoms with Crippen LogP contribution in [-0.4, -0.2) is 46.4 Å². The number of ether oxygens (including phenoxy) is 1. The molecule has 2 aliphatic rings.